The van der Waals surface area contributed by atoms with E-state index in [0.29, 0.717) is 13.0 Å². The van der Waals surface area contributed by atoms with Gasteiger partial charge in [-0.2, -0.15) is 0 Å². The second-order valence-electron chi connectivity index (χ2n) is 6.02. The van der Waals surface area contributed by atoms with E-state index in [4.69, 9.17) is 5.73 Å². The maximum Gasteiger partial charge on any atom is 0.128 e. The van der Waals surface area contributed by atoms with Gasteiger partial charge >= 0.3 is 0 Å². The first-order chi connectivity index (χ1) is 11.3. The Bertz CT molecular complexity index is 622. The second kappa shape index (κ2) is 7.57. The van der Waals surface area contributed by atoms with E-state index < -0.39 is 0 Å². The quantitative estimate of drug-likeness (QED) is 0.921. The summed E-state index contributed by atoms with van der Waals surface area (Å²) in [5.41, 5.74) is 8.75. The summed E-state index contributed by atoms with van der Waals surface area (Å²) in [6, 6.07) is 15.9. The summed E-state index contributed by atoms with van der Waals surface area (Å²) in [7, 11) is 0. The minimum Gasteiger partial charge on any atom is -0.369 e. The van der Waals surface area contributed by atoms with Crippen LogP contribution in [0.4, 0.5) is 10.1 Å². The van der Waals surface area contributed by atoms with Gasteiger partial charge in [0.15, 0.2) is 0 Å². The fraction of sp³-hybridized carbons (Fsp3) is 0.368. The van der Waals surface area contributed by atoms with Crippen LogP contribution >= 0.6 is 0 Å². The van der Waals surface area contributed by atoms with Crippen molar-refractivity contribution in [3.05, 3.63) is 65.5 Å². The first-order valence-corrected chi connectivity index (χ1v) is 8.26. The van der Waals surface area contributed by atoms with E-state index >= 15 is 0 Å². The number of piperazine rings is 1. The first kappa shape index (κ1) is 16.0. The molecule has 3 nitrogen and oxygen atoms in total. The van der Waals surface area contributed by atoms with E-state index in [1.165, 1.54) is 11.6 Å². The Hall–Kier alpha value is -1.91. The molecular weight excluding hydrogens is 289 g/mol. The van der Waals surface area contributed by atoms with E-state index in [1.807, 2.05) is 12.1 Å². The lowest BCUT2D eigenvalue weighted by Gasteiger charge is -2.37. The van der Waals surface area contributed by atoms with Gasteiger partial charge in [0.25, 0.3) is 0 Å². The molecular formula is C19H24FN3. The monoisotopic (exact) mass is 313 g/mol. The Morgan fingerprint density at radius 3 is 2.35 bits per heavy atom. The zero-order valence-electron chi connectivity index (χ0n) is 13.4. The van der Waals surface area contributed by atoms with Crippen LogP contribution in [0.5, 0.6) is 0 Å². The Morgan fingerprint density at radius 2 is 1.65 bits per heavy atom. The number of nitrogens with two attached hydrogens (primary N) is 1. The predicted molar refractivity (Wildman–Crippen MR) is 93.1 cm³/mol. The van der Waals surface area contributed by atoms with Gasteiger partial charge in [-0.3, -0.25) is 4.90 Å². The number of rotatable bonds is 5. The van der Waals surface area contributed by atoms with Gasteiger partial charge in [-0.15, -0.1) is 0 Å². The Morgan fingerprint density at radius 1 is 0.913 bits per heavy atom. The van der Waals surface area contributed by atoms with Crippen LogP contribution in [-0.4, -0.2) is 37.6 Å². The van der Waals surface area contributed by atoms with Crippen molar-refractivity contribution >= 4 is 5.69 Å². The van der Waals surface area contributed by atoms with Crippen LogP contribution in [0.2, 0.25) is 0 Å². The lowest BCUT2D eigenvalue weighted by molar-refractivity contribution is 0.249. The molecule has 122 valence electrons. The van der Waals surface area contributed by atoms with Crippen LogP contribution < -0.4 is 10.6 Å². The molecule has 0 aromatic heterocycles. The topological polar surface area (TPSA) is 32.5 Å². The normalized spacial score (nSPS) is 15.8. The van der Waals surface area contributed by atoms with Gasteiger partial charge < -0.3 is 10.6 Å². The van der Waals surface area contributed by atoms with Crippen LogP contribution in [0.3, 0.4) is 0 Å². The molecule has 0 aliphatic carbocycles. The van der Waals surface area contributed by atoms with Crippen LogP contribution in [-0.2, 0) is 13.0 Å². The fourth-order valence-electron chi connectivity index (χ4n) is 3.22. The number of anilines is 1. The van der Waals surface area contributed by atoms with Crippen molar-refractivity contribution in [2.45, 2.75) is 13.0 Å². The van der Waals surface area contributed by atoms with Gasteiger partial charge in [0.05, 0.1) is 0 Å². The molecule has 2 aromatic rings. The molecule has 23 heavy (non-hydrogen) atoms. The van der Waals surface area contributed by atoms with Gasteiger partial charge in [-0.05, 0) is 30.7 Å². The first-order valence-electron chi connectivity index (χ1n) is 8.26. The lowest BCUT2D eigenvalue weighted by atomic mass is 10.1. The molecule has 3 rings (SSSR count). The average Bonchev–Trinajstić information content (AvgIpc) is 2.59. The third-order valence-corrected chi connectivity index (χ3v) is 4.45. The minimum atomic E-state index is -0.139. The van der Waals surface area contributed by atoms with E-state index in [-0.39, 0.29) is 5.82 Å². The zero-order valence-corrected chi connectivity index (χ0v) is 13.4. The molecule has 1 aliphatic rings. The second-order valence-corrected chi connectivity index (χ2v) is 6.02. The smallest absolute Gasteiger partial charge is 0.128 e. The number of halogens is 1. The van der Waals surface area contributed by atoms with Crippen molar-refractivity contribution in [2.24, 2.45) is 5.73 Å². The van der Waals surface area contributed by atoms with Gasteiger partial charge in [0, 0.05) is 44.0 Å². The van der Waals surface area contributed by atoms with Crippen LogP contribution in [0.15, 0.2) is 48.5 Å². The molecule has 2 aromatic carbocycles. The van der Waals surface area contributed by atoms with Crippen LogP contribution in [0.25, 0.3) is 0 Å². The highest BCUT2D eigenvalue weighted by Gasteiger charge is 2.20. The van der Waals surface area contributed by atoms with E-state index in [9.17, 15) is 4.39 Å². The van der Waals surface area contributed by atoms with E-state index in [1.54, 1.807) is 6.07 Å². The summed E-state index contributed by atoms with van der Waals surface area (Å²) in [4.78, 5) is 4.74. The fourth-order valence-corrected chi connectivity index (χ4v) is 3.22. The van der Waals surface area contributed by atoms with Gasteiger partial charge in [-0.25, -0.2) is 4.39 Å². The molecule has 0 spiro atoms. The number of hydrogen-bond acceptors (Lipinski definition) is 3. The third kappa shape index (κ3) is 3.89. The van der Waals surface area contributed by atoms with Crippen LogP contribution in [0.1, 0.15) is 11.1 Å². The van der Waals surface area contributed by atoms with Crippen molar-refractivity contribution in [1.82, 2.24) is 4.90 Å². The SMILES string of the molecule is NCCc1c(F)cccc1N1CCN(Cc2ccccc2)CC1. The van der Waals surface area contributed by atoms with Crippen molar-refractivity contribution in [1.29, 1.82) is 0 Å². The van der Waals surface area contributed by atoms with Gasteiger partial charge in [-0.1, -0.05) is 36.4 Å². The van der Waals surface area contributed by atoms with Gasteiger partial charge in [0.2, 0.25) is 0 Å². The Balaban J connectivity index is 1.64. The molecule has 0 saturated carbocycles. The molecule has 0 unspecified atom stereocenters. The molecule has 0 radical (unpaired) electrons. The number of nitrogens with zero attached hydrogens (tertiary/aromatic N) is 2. The maximum atomic E-state index is 14.1. The third-order valence-electron chi connectivity index (χ3n) is 4.45. The molecule has 0 amide bonds. The summed E-state index contributed by atoms with van der Waals surface area (Å²) < 4.78 is 14.1. The molecule has 1 saturated heterocycles. The average molecular weight is 313 g/mol. The van der Waals surface area contributed by atoms with Crippen molar-refractivity contribution < 1.29 is 4.39 Å². The number of benzene rings is 2. The molecule has 2 N–H and O–H groups in total. The summed E-state index contributed by atoms with van der Waals surface area (Å²) in [6.45, 7) is 5.29. The zero-order chi connectivity index (χ0) is 16.1. The summed E-state index contributed by atoms with van der Waals surface area (Å²) in [5, 5.41) is 0. The Kier molecular flexibility index (Phi) is 5.26. The minimum absolute atomic E-state index is 0.139. The predicted octanol–water partition coefficient (Wildman–Crippen LogP) is 2.65. The standard InChI is InChI=1S/C19H24FN3/c20-18-7-4-8-19(17(18)9-10-21)23-13-11-22(12-14-23)15-16-5-2-1-3-6-16/h1-8H,9-15,21H2. The summed E-state index contributed by atoms with van der Waals surface area (Å²) in [6.07, 6.45) is 0.590. The molecule has 1 aliphatic heterocycles. The summed E-state index contributed by atoms with van der Waals surface area (Å²) >= 11 is 0. The highest BCUT2D eigenvalue weighted by atomic mass is 19.1. The van der Waals surface area contributed by atoms with E-state index in [0.717, 1.165) is 44.0 Å². The summed E-state index contributed by atoms with van der Waals surface area (Å²) in [5.74, 6) is -0.139. The molecule has 1 heterocycles. The maximum absolute atomic E-state index is 14.1. The highest BCUT2D eigenvalue weighted by molar-refractivity contribution is 5.54. The largest absolute Gasteiger partial charge is 0.369 e. The van der Waals surface area contributed by atoms with E-state index in [2.05, 4.69) is 34.1 Å². The van der Waals surface area contributed by atoms with Gasteiger partial charge in [0.1, 0.15) is 5.82 Å². The Labute approximate surface area is 137 Å². The molecule has 0 atom stereocenters. The molecule has 0 bridgehead atoms. The molecule has 4 heteroatoms. The van der Waals surface area contributed by atoms with Crippen molar-refractivity contribution in [3.63, 3.8) is 0 Å². The van der Waals surface area contributed by atoms with Crippen molar-refractivity contribution in [3.8, 4) is 0 Å². The number of hydrogen-bond donors (Lipinski definition) is 1. The molecule has 1 fully saturated rings. The van der Waals surface area contributed by atoms with Crippen LogP contribution in [0, 0.1) is 5.82 Å². The van der Waals surface area contributed by atoms with Crippen molar-refractivity contribution in [2.75, 3.05) is 37.6 Å². The highest BCUT2D eigenvalue weighted by Crippen LogP contribution is 2.25. The lowest BCUT2D eigenvalue weighted by Crippen LogP contribution is -2.46.